The summed E-state index contributed by atoms with van der Waals surface area (Å²) < 4.78 is 13.8. The summed E-state index contributed by atoms with van der Waals surface area (Å²) in [5.74, 6) is 0.873. The van der Waals surface area contributed by atoms with Crippen molar-refractivity contribution in [1.29, 1.82) is 0 Å². The van der Waals surface area contributed by atoms with Crippen LogP contribution >= 0.6 is 0 Å². The summed E-state index contributed by atoms with van der Waals surface area (Å²) in [7, 11) is -1.02. The zero-order valence-corrected chi connectivity index (χ0v) is 18.8. The Bertz CT molecular complexity index is 1390. The van der Waals surface area contributed by atoms with Crippen LogP contribution in [-0.4, -0.2) is 25.7 Å². The molecule has 1 aliphatic heterocycles. The van der Waals surface area contributed by atoms with Crippen molar-refractivity contribution in [3.05, 3.63) is 112 Å². The number of hydrogen-bond donors (Lipinski definition) is 1. The lowest BCUT2D eigenvalue weighted by molar-refractivity contribution is 0.101. The van der Waals surface area contributed by atoms with Gasteiger partial charge in [-0.25, -0.2) is 4.68 Å². The summed E-state index contributed by atoms with van der Waals surface area (Å²) >= 11 is 0. The zero-order valence-electron chi connectivity index (χ0n) is 17.9. The highest BCUT2D eigenvalue weighted by atomic mass is 32.2. The largest absolute Gasteiger partial charge is 0.306 e. The van der Waals surface area contributed by atoms with Crippen LogP contribution in [0.15, 0.2) is 78.9 Å². The lowest BCUT2D eigenvalue weighted by Crippen LogP contribution is -2.17. The van der Waals surface area contributed by atoms with Crippen molar-refractivity contribution in [1.82, 2.24) is 9.78 Å². The predicted octanol–water partition coefficient (Wildman–Crippen LogP) is 4.43. The molecule has 5 rings (SSSR count). The number of carbonyl (C=O) groups excluding carboxylic acids is 2. The fourth-order valence-electron chi connectivity index (χ4n) is 3.94. The summed E-state index contributed by atoms with van der Waals surface area (Å²) in [5.41, 5.74) is 4.96. The van der Waals surface area contributed by atoms with Gasteiger partial charge in [0.1, 0.15) is 5.82 Å². The molecular weight excluding hydrogens is 434 g/mol. The van der Waals surface area contributed by atoms with Crippen molar-refractivity contribution in [3.63, 3.8) is 0 Å². The third-order valence-corrected chi connectivity index (χ3v) is 6.90. The number of nitrogens with one attached hydrogen (secondary N) is 1. The van der Waals surface area contributed by atoms with Gasteiger partial charge in [-0.15, -0.1) is 0 Å². The molecule has 0 aliphatic carbocycles. The van der Waals surface area contributed by atoms with Crippen molar-refractivity contribution >= 4 is 28.3 Å². The quantitative estimate of drug-likeness (QED) is 0.452. The predicted molar refractivity (Wildman–Crippen MR) is 128 cm³/mol. The van der Waals surface area contributed by atoms with Crippen LogP contribution in [0.2, 0.25) is 0 Å². The first kappa shape index (κ1) is 21.0. The van der Waals surface area contributed by atoms with Crippen molar-refractivity contribution in [2.24, 2.45) is 0 Å². The summed E-state index contributed by atoms with van der Waals surface area (Å²) in [4.78, 5) is 25.7. The molecule has 7 heteroatoms. The molecule has 6 nitrogen and oxygen atoms in total. The number of carbonyl (C=O) groups is 2. The Morgan fingerprint density at radius 1 is 0.848 bits per heavy atom. The Hall–Kier alpha value is -3.84. The van der Waals surface area contributed by atoms with Gasteiger partial charge >= 0.3 is 0 Å². The molecule has 1 amide bonds. The van der Waals surface area contributed by atoms with E-state index in [0.29, 0.717) is 34.0 Å². The molecule has 0 spiro atoms. The Balaban J connectivity index is 1.44. The number of fused-ring (bicyclic) bond motifs is 1. The van der Waals surface area contributed by atoms with E-state index >= 15 is 0 Å². The van der Waals surface area contributed by atoms with Gasteiger partial charge in [0.25, 0.3) is 5.91 Å². The van der Waals surface area contributed by atoms with Crippen LogP contribution in [0.3, 0.4) is 0 Å². The number of anilines is 1. The Kier molecular flexibility index (Phi) is 5.48. The van der Waals surface area contributed by atoms with Gasteiger partial charge < -0.3 is 5.32 Å². The van der Waals surface area contributed by atoms with Crippen LogP contribution in [0.25, 0.3) is 5.69 Å². The maximum absolute atomic E-state index is 13.1. The average Bonchev–Trinajstić information content (AvgIpc) is 3.36. The minimum absolute atomic E-state index is 0.0968. The molecule has 164 valence electrons. The maximum Gasteiger partial charge on any atom is 0.256 e. The van der Waals surface area contributed by atoms with Gasteiger partial charge in [0.05, 0.1) is 22.9 Å². The van der Waals surface area contributed by atoms with Crippen molar-refractivity contribution < 1.29 is 13.8 Å². The molecule has 0 radical (unpaired) electrons. The number of aromatic nitrogens is 2. The van der Waals surface area contributed by atoms with Crippen LogP contribution in [0, 0.1) is 6.92 Å². The van der Waals surface area contributed by atoms with E-state index in [9.17, 15) is 13.8 Å². The smallest absolute Gasteiger partial charge is 0.256 e. The molecule has 1 aromatic heterocycles. The van der Waals surface area contributed by atoms with E-state index < -0.39 is 10.8 Å². The third kappa shape index (κ3) is 4.03. The number of para-hydroxylation sites is 1. The van der Waals surface area contributed by atoms with Crippen LogP contribution in [0.4, 0.5) is 5.82 Å². The number of amides is 1. The van der Waals surface area contributed by atoms with Gasteiger partial charge in [0.15, 0.2) is 5.78 Å². The molecule has 1 unspecified atom stereocenters. The fourth-order valence-corrected chi connectivity index (χ4v) is 5.20. The van der Waals surface area contributed by atoms with Gasteiger partial charge in [-0.05, 0) is 30.7 Å². The number of benzene rings is 3. The van der Waals surface area contributed by atoms with E-state index in [4.69, 9.17) is 0 Å². The highest BCUT2D eigenvalue weighted by Gasteiger charge is 2.29. The van der Waals surface area contributed by atoms with Crippen LogP contribution in [0.5, 0.6) is 0 Å². The Morgan fingerprint density at radius 2 is 1.48 bits per heavy atom. The molecule has 1 aliphatic rings. The van der Waals surface area contributed by atoms with Gasteiger partial charge in [0.2, 0.25) is 0 Å². The Labute approximate surface area is 193 Å². The highest BCUT2D eigenvalue weighted by Crippen LogP contribution is 2.32. The third-order valence-electron chi connectivity index (χ3n) is 5.69. The van der Waals surface area contributed by atoms with Gasteiger partial charge in [-0.1, -0.05) is 60.7 Å². The van der Waals surface area contributed by atoms with E-state index in [1.807, 2.05) is 49.4 Å². The van der Waals surface area contributed by atoms with Gasteiger partial charge in [0, 0.05) is 33.1 Å². The van der Waals surface area contributed by atoms with Crippen molar-refractivity contribution in [2.75, 3.05) is 5.32 Å². The molecule has 2 heterocycles. The molecule has 3 aromatic carbocycles. The SMILES string of the molecule is Cc1ccccc1-n1nc2c(c1NC(=O)c1ccc(C(=O)c3ccccc3)cc1)CS(=O)C2. The van der Waals surface area contributed by atoms with E-state index in [1.165, 1.54) is 0 Å². The number of nitrogens with zero attached hydrogens (tertiary/aromatic N) is 2. The lowest BCUT2D eigenvalue weighted by Gasteiger charge is -2.13. The summed E-state index contributed by atoms with van der Waals surface area (Å²) in [6, 6.07) is 23.4. The highest BCUT2D eigenvalue weighted by molar-refractivity contribution is 7.83. The molecule has 1 atom stereocenters. The fraction of sp³-hybridized carbons (Fsp3) is 0.115. The monoisotopic (exact) mass is 455 g/mol. The van der Waals surface area contributed by atoms with Crippen LogP contribution in [0.1, 0.15) is 43.1 Å². The van der Waals surface area contributed by atoms with Crippen LogP contribution < -0.4 is 5.32 Å². The molecule has 0 saturated heterocycles. The number of ketones is 1. The average molecular weight is 456 g/mol. The minimum Gasteiger partial charge on any atom is -0.306 e. The first-order chi connectivity index (χ1) is 16.0. The summed E-state index contributed by atoms with van der Waals surface area (Å²) in [6.07, 6.45) is 0. The van der Waals surface area contributed by atoms with E-state index in [1.54, 1.807) is 41.1 Å². The second-order valence-electron chi connectivity index (χ2n) is 7.93. The van der Waals surface area contributed by atoms with E-state index in [-0.39, 0.29) is 11.7 Å². The number of hydrogen-bond acceptors (Lipinski definition) is 4. The number of rotatable bonds is 5. The molecule has 0 bridgehead atoms. The molecular formula is C26H21N3O3S. The normalized spacial score (nSPS) is 14.6. The van der Waals surface area contributed by atoms with E-state index in [2.05, 4.69) is 10.4 Å². The summed E-state index contributed by atoms with van der Waals surface area (Å²) in [6.45, 7) is 1.98. The maximum atomic E-state index is 13.1. The molecule has 0 fully saturated rings. The van der Waals surface area contributed by atoms with Crippen molar-refractivity contribution in [2.45, 2.75) is 18.4 Å². The molecule has 33 heavy (non-hydrogen) atoms. The Morgan fingerprint density at radius 3 is 2.21 bits per heavy atom. The molecule has 4 aromatic rings. The number of aryl methyl sites for hydroxylation is 1. The van der Waals surface area contributed by atoms with Gasteiger partial charge in [-0.2, -0.15) is 5.10 Å². The van der Waals surface area contributed by atoms with Crippen molar-refractivity contribution in [3.8, 4) is 5.69 Å². The second kappa shape index (κ2) is 8.60. The summed E-state index contributed by atoms with van der Waals surface area (Å²) in [5, 5.41) is 7.63. The van der Waals surface area contributed by atoms with Gasteiger partial charge in [-0.3, -0.25) is 13.8 Å². The topological polar surface area (TPSA) is 81.1 Å². The second-order valence-corrected chi connectivity index (χ2v) is 9.38. The minimum atomic E-state index is -1.02. The lowest BCUT2D eigenvalue weighted by atomic mass is 10.0. The zero-order chi connectivity index (χ0) is 22.9. The first-order valence-corrected chi connectivity index (χ1v) is 12.0. The van der Waals surface area contributed by atoms with E-state index in [0.717, 1.165) is 22.5 Å². The first-order valence-electron chi connectivity index (χ1n) is 10.5. The standard InChI is InChI=1S/C26H21N3O3S/c1-17-7-5-6-10-23(17)29-25(21-15-33(32)16-22(21)28-29)27-26(31)20-13-11-19(12-14-20)24(30)18-8-3-2-4-9-18/h2-14H,15-16H2,1H3,(H,27,31). The molecule has 1 N–H and O–H groups in total. The molecule has 0 saturated carbocycles. The van der Waals surface area contributed by atoms with Crippen LogP contribution in [-0.2, 0) is 22.3 Å².